The van der Waals surface area contributed by atoms with E-state index in [0.717, 1.165) is 30.6 Å². The monoisotopic (exact) mass is 268 g/mol. The quantitative estimate of drug-likeness (QED) is 0.865. The number of nitrogens with zero attached hydrogens (tertiary/aromatic N) is 1. The highest BCUT2D eigenvalue weighted by Gasteiger charge is 2.21. The number of hydrogen-bond donors (Lipinski definition) is 1. The van der Waals surface area contributed by atoms with Crippen LogP contribution >= 0.6 is 0 Å². The van der Waals surface area contributed by atoms with Crippen LogP contribution in [0, 0.1) is 12.8 Å². The SMILES string of the molecule is Cc1ccnc(NCc2ccc(OCC3CC3)cc2)c1. The smallest absolute Gasteiger partial charge is 0.126 e. The number of nitrogens with one attached hydrogen (secondary N) is 1. The number of pyridine rings is 1. The van der Waals surface area contributed by atoms with Crippen molar-refractivity contribution in [3.63, 3.8) is 0 Å². The van der Waals surface area contributed by atoms with Crippen LogP contribution in [0.5, 0.6) is 5.75 Å². The van der Waals surface area contributed by atoms with E-state index in [0.29, 0.717) is 0 Å². The van der Waals surface area contributed by atoms with Gasteiger partial charge in [0.2, 0.25) is 0 Å². The van der Waals surface area contributed by atoms with Crippen LogP contribution in [0.25, 0.3) is 0 Å². The average molecular weight is 268 g/mol. The number of hydrogen-bond acceptors (Lipinski definition) is 3. The molecule has 3 heteroatoms. The van der Waals surface area contributed by atoms with Crippen LogP contribution in [0.3, 0.4) is 0 Å². The van der Waals surface area contributed by atoms with Crippen molar-refractivity contribution in [1.82, 2.24) is 4.98 Å². The Labute approximate surface area is 120 Å². The van der Waals surface area contributed by atoms with Crippen LogP contribution in [0.1, 0.15) is 24.0 Å². The second-order valence-corrected chi connectivity index (χ2v) is 5.47. The number of ether oxygens (including phenoxy) is 1. The van der Waals surface area contributed by atoms with Gasteiger partial charge < -0.3 is 10.1 Å². The molecule has 0 spiro atoms. The van der Waals surface area contributed by atoms with E-state index in [4.69, 9.17) is 4.74 Å². The Morgan fingerprint density at radius 1 is 1.20 bits per heavy atom. The Kier molecular flexibility index (Phi) is 3.86. The van der Waals surface area contributed by atoms with E-state index >= 15 is 0 Å². The van der Waals surface area contributed by atoms with Gasteiger partial charge in [-0.15, -0.1) is 0 Å². The first-order chi connectivity index (χ1) is 9.79. The molecule has 1 heterocycles. The lowest BCUT2D eigenvalue weighted by Crippen LogP contribution is -2.02. The normalized spacial score (nSPS) is 14.1. The van der Waals surface area contributed by atoms with E-state index < -0.39 is 0 Å². The van der Waals surface area contributed by atoms with Crippen LogP contribution in [0.2, 0.25) is 0 Å². The third-order valence-corrected chi connectivity index (χ3v) is 3.50. The molecule has 0 aliphatic heterocycles. The highest BCUT2D eigenvalue weighted by Crippen LogP contribution is 2.29. The minimum absolute atomic E-state index is 0.777. The Morgan fingerprint density at radius 3 is 2.70 bits per heavy atom. The molecule has 104 valence electrons. The highest BCUT2D eigenvalue weighted by molar-refractivity contribution is 5.38. The van der Waals surface area contributed by atoms with E-state index in [9.17, 15) is 0 Å². The van der Waals surface area contributed by atoms with Gasteiger partial charge in [0.05, 0.1) is 6.61 Å². The lowest BCUT2D eigenvalue weighted by Gasteiger charge is -2.08. The van der Waals surface area contributed by atoms with Gasteiger partial charge in [0.25, 0.3) is 0 Å². The van der Waals surface area contributed by atoms with Gasteiger partial charge in [-0.2, -0.15) is 0 Å². The van der Waals surface area contributed by atoms with Crippen LogP contribution in [-0.2, 0) is 6.54 Å². The molecular weight excluding hydrogens is 248 g/mol. The maximum Gasteiger partial charge on any atom is 0.126 e. The number of aromatic nitrogens is 1. The van der Waals surface area contributed by atoms with E-state index in [1.165, 1.54) is 24.0 Å². The zero-order chi connectivity index (χ0) is 13.8. The first kappa shape index (κ1) is 13.0. The molecule has 1 aliphatic carbocycles. The molecule has 1 aromatic carbocycles. The summed E-state index contributed by atoms with van der Waals surface area (Å²) in [5.41, 5.74) is 2.44. The summed E-state index contributed by atoms with van der Waals surface area (Å²) in [6.07, 6.45) is 4.48. The van der Waals surface area contributed by atoms with Gasteiger partial charge in [-0.1, -0.05) is 12.1 Å². The largest absolute Gasteiger partial charge is 0.493 e. The van der Waals surface area contributed by atoms with Crippen LogP contribution in [0.4, 0.5) is 5.82 Å². The molecule has 2 aromatic rings. The van der Waals surface area contributed by atoms with Crippen molar-refractivity contribution >= 4 is 5.82 Å². The highest BCUT2D eigenvalue weighted by atomic mass is 16.5. The lowest BCUT2D eigenvalue weighted by atomic mass is 10.2. The molecule has 0 saturated heterocycles. The summed E-state index contributed by atoms with van der Waals surface area (Å²) in [5.74, 6) is 2.68. The summed E-state index contributed by atoms with van der Waals surface area (Å²) in [6, 6.07) is 12.3. The van der Waals surface area contributed by atoms with Gasteiger partial charge in [0, 0.05) is 12.7 Å². The fourth-order valence-corrected chi connectivity index (χ4v) is 2.03. The lowest BCUT2D eigenvalue weighted by molar-refractivity contribution is 0.299. The zero-order valence-electron chi connectivity index (χ0n) is 11.8. The minimum atomic E-state index is 0.777. The molecule has 1 saturated carbocycles. The molecule has 1 N–H and O–H groups in total. The van der Waals surface area contributed by atoms with Gasteiger partial charge in [-0.3, -0.25) is 0 Å². The predicted molar refractivity (Wildman–Crippen MR) is 81.0 cm³/mol. The predicted octanol–water partition coefficient (Wildman–Crippen LogP) is 3.79. The summed E-state index contributed by atoms with van der Waals surface area (Å²) in [4.78, 5) is 4.29. The van der Waals surface area contributed by atoms with Crippen molar-refractivity contribution in [2.75, 3.05) is 11.9 Å². The fourth-order valence-electron chi connectivity index (χ4n) is 2.03. The third-order valence-electron chi connectivity index (χ3n) is 3.50. The molecule has 1 aromatic heterocycles. The summed E-state index contributed by atoms with van der Waals surface area (Å²) in [7, 11) is 0. The van der Waals surface area contributed by atoms with Crippen LogP contribution in [-0.4, -0.2) is 11.6 Å². The molecule has 0 unspecified atom stereocenters. The molecule has 0 radical (unpaired) electrons. The molecule has 1 aliphatic rings. The van der Waals surface area contributed by atoms with Crippen molar-refractivity contribution in [2.45, 2.75) is 26.3 Å². The summed E-state index contributed by atoms with van der Waals surface area (Å²) < 4.78 is 5.73. The van der Waals surface area contributed by atoms with E-state index in [-0.39, 0.29) is 0 Å². The topological polar surface area (TPSA) is 34.2 Å². The van der Waals surface area contributed by atoms with Crippen molar-refractivity contribution in [3.05, 3.63) is 53.7 Å². The van der Waals surface area contributed by atoms with Gasteiger partial charge >= 0.3 is 0 Å². The Balaban J connectivity index is 1.52. The summed E-state index contributed by atoms with van der Waals surface area (Å²) in [5, 5.41) is 3.33. The molecule has 0 amide bonds. The van der Waals surface area contributed by atoms with Gasteiger partial charge in [-0.25, -0.2) is 4.98 Å². The Bertz CT molecular complexity index is 561. The maximum atomic E-state index is 5.73. The van der Waals surface area contributed by atoms with Crippen LogP contribution in [0.15, 0.2) is 42.6 Å². The van der Waals surface area contributed by atoms with Crippen molar-refractivity contribution in [2.24, 2.45) is 5.92 Å². The molecule has 1 fully saturated rings. The van der Waals surface area contributed by atoms with Crippen molar-refractivity contribution in [3.8, 4) is 5.75 Å². The maximum absolute atomic E-state index is 5.73. The number of anilines is 1. The summed E-state index contributed by atoms with van der Waals surface area (Å²) in [6.45, 7) is 3.71. The molecule has 0 atom stereocenters. The van der Waals surface area contributed by atoms with Crippen molar-refractivity contribution in [1.29, 1.82) is 0 Å². The van der Waals surface area contributed by atoms with Crippen LogP contribution < -0.4 is 10.1 Å². The first-order valence-corrected chi connectivity index (χ1v) is 7.18. The van der Waals surface area contributed by atoms with Gasteiger partial charge in [0.1, 0.15) is 11.6 Å². The molecular formula is C17H20N2O. The number of aryl methyl sites for hydroxylation is 1. The van der Waals surface area contributed by atoms with E-state index in [1.807, 2.05) is 30.5 Å². The third kappa shape index (κ3) is 3.73. The average Bonchev–Trinajstić information content (AvgIpc) is 3.28. The number of benzene rings is 1. The first-order valence-electron chi connectivity index (χ1n) is 7.18. The van der Waals surface area contributed by atoms with Gasteiger partial charge in [-0.05, 0) is 61.1 Å². The number of rotatable bonds is 6. The molecule has 3 rings (SSSR count). The standard InChI is InChI=1S/C17H20N2O/c1-13-8-9-18-17(10-13)19-11-14-4-6-16(7-5-14)20-12-15-2-3-15/h4-10,15H,2-3,11-12H2,1H3,(H,18,19). The van der Waals surface area contributed by atoms with E-state index in [2.05, 4.69) is 29.4 Å². The van der Waals surface area contributed by atoms with Crippen molar-refractivity contribution < 1.29 is 4.74 Å². The molecule has 0 bridgehead atoms. The Hall–Kier alpha value is -2.03. The second kappa shape index (κ2) is 5.95. The Morgan fingerprint density at radius 2 is 2.00 bits per heavy atom. The minimum Gasteiger partial charge on any atom is -0.493 e. The molecule has 3 nitrogen and oxygen atoms in total. The zero-order valence-corrected chi connectivity index (χ0v) is 11.8. The van der Waals surface area contributed by atoms with E-state index in [1.54, 1.807) is 0 Å². The van der Waals surface area contributed by atoms with Gasteiger partial charge in [0.15, 0.2) is 0 Å². The second-order valence-electron chi connectivity index (χ2n) is 5.47. The summed E-state index contributed by atoms with van der Waals surface area (Å²) >= 11 is 0. The fraction of sp³-hybridized carbons (Fsp3) is 0.353. The molecule has 20 heavy (non-hydrogen) atoms.